The third-order valence-corrected chi connectivity index (χ3v) is 3.76. The largest absolute Gasteiger partial charge is 0.383 e. The van der Waals surface area contributed by atoms with Gasteiger partial charge in [0.2, 0.25) is 0 Å². The van der Waals surface area contributed by atoms with E-state index in [1.54, 1.807) is 12.3 Å². The first-order valence-corrected chi connectivity index (χ1v) is 7.28. The molecule has 4 N–H and O–H groups in total. The van der Waals surface area contributed by atoms with Crippen LogP contribution in [0.25, 0.3) is 0 Å². The maximum Gasteiger partial charge on any atom is 0.300 e. The number of anilines is 1. The Labute approximate surface area is 105 Å². The second kappa shape index (κ2) is 6.26. The first kappa shape index (κ1) is 14.3. The molecule has 0 radical (unpaired) electrons. The Balaban J connectivity index is 2.57. The fraction of sp³-hybridized carbons (Fsp3) is 0.625. The first-order chi connectivity index (χ1) is 7.94. The zero-order valence-corrected chi connectivity index (χ0v) is 11.3. The van der Waals surface area contributed by atoms with Gasteiger partial charge in [-0.25, -0.2) is 9.71 Å². The van der Waals surface area contributed by atoms with Crippen LogP contribution in [0.4, 0.5) is 5.13 Å². The Hall–Kier alpha value is -0.740. The molecule has 9 heteroatoms. The fourth-order valence-electron chi connectivity index (χ4n) is 0.971. The molecule has 7 nitrogen and oxygen atoms in total. The van der Waals surface area contributed by atoms with Gasteiger partial charge in [0.25, 0.3) is 0 Å². The van der Waals surface area contributed by atoms with Gasteiger partial charge in [-0.2, -0.15) is 13.1 Å². The van der Waals surface area contributed by atoms with E-state index in [1.165, 1.54) is 18.4 Å². The number of nitrogens with one attached hydrogen (secondary N) is 2. The summed E-state index contributed by atoms with van der Waals surface area (Å²) in [6, 6.07) is -0.217. The Morgan fingerprint density at radius 2 is 2.35 bits per heavy atom. The van der Waals surface area contributed by atoms with Crippen molar-refractivity contribution in [2.45, 2.75) is 13.0 Å². The third kappa shape index (κ3) is 4.96. The molecule has 1 atom stereocenters. The molecule has 0 spiro atoms. The molecule has 1 heterocycles. The summed E-state index contributed by atoms with van der Waals surface area (Å²) in [5, 5.41) is 2.01. The maximum absolute atomic E-state index is 11.5. The van der Waals surface area contributed by atoms with Crippen molar-refractivity contribution in [1.29, 1.82) is 0 Å². The molecule has 0 fully saturated rings. The molecule has 0 aliphatic heterocycles. The molecule has 0 bridgehead atoms. The Morgan fingerprint density at radius 3 is 2.88 bits per heavy atom. The van der Waals surface area contributed by atoms with E-state index < -0.39 is 10.2 Å². The van der Waals surface area contributed by atoms with Gasteiger partial charge in [-0.05, 0) is 6.92 Å². The molecule has 0 aliphatic carbocycles. The Morgan fingerprint density at radius 1 is 1.65 bits per heavy atom. The van der Waals surface area contributed by atoms with Crippen LogP contribution in [0.1, 0.15) is 18.7 Å². The van der Waals surface area contributed by atoms with Gasteiger partial charge < -0.3 is 10.5 Å². The summed E-state index contributed by atoms with van der Waals surface area (Å²) in [5.74, 6) is 0. The molecule has 0 amide bonds. The van der Waals surface area contributed by atoms with Crippen molar-refractivity contribution in [2.24, 2.45) is 5.73 Å². The number of nitrogens with two attached hydrogens (primary N) is 1. The van der Waals surface area contributed by atoms with Crippen LogP contribution in [-0.4, -0.2) is 33.7 Å². The van der Waals surface area contributed by atoms with Crippen molar-refractivity contribution in [3.05, 3.63) is 11.1 Å². The summed E-state index contributed by atoms with van der Waals surface area (Å²) in [4.78, 5) is 4.06. The number of hydrogen-bond donors (Lipinski definition) is 3. The van der Waals surface area contributed by atoms with E-state index >= 15 is 0 Å². The Bertz CT molecular complexity index is 443. The Kier molecular flexibility index (Phi) is 5.28. The highest BCUT2D eigenvalue weighted by Gasteiger charge is 2.12. The third-order valence-electron chi connectivity index (χ3n) is 1.81. The van der Waals surface area contributed by atoms with Crippen LogP contribution < -0.4 is 15.2 Å². The lowest BCUT2D eigenvalue weighted by Gasteiger charge is -2.06. The quantitative estimate of drug-likeness (QED) is 0.612. The highest BCUT2D eigenvalue weighted by Crippen LogP contribution is 2.19. The molecule has 1 aromatic heterocycles. The van der Waals surface area contributed by atoms with Gasteiger partial charge in [-0.3, -0.25) is 0 Å². The highest BCUT2D eigenvalue weighted by molar-refractivity contribution is 7.91. The molecule has 17 heavy (non-hydrogen) atoms. The highest BCUT2D eigenvalue weighted by atomic mass is 32.2. The minimum atomic E-state index is -3.59. The lowest BCUT2D eigenvalue weighted by atomic mass is 10.3. The second-order valence-electron chi connectivity index (χ2n) is 3.36. The molecule has 1 rings (SSSR count). The summed E-state index contributed by atoms with van der Waals surface area (Å²) < 4.78 is 32.4. The molecular formula is C8H16N4O3S2. The van der Waals surface area contributed by atoms with Crippen LogP contribution in [0.3, 0.4) is 0 Å². The van der Waals surface area contributed by atoms with Crippen LogP contribution in [-0.2, 0) is 14.9 Å². The minimum Gasteiger partial charge on any atom is -0.383 e. The smallest absolute Gasteiger partial charge is 0.300 e. The van der Waals surface area contributed by atoms with Gasteiger partial charge in [-0.1, -0.05) is 0 Å². The van der Waals surface area contributed by atoms with Crippen LogP contribution >= 0.6 is 11.3 Å². The van der Waals surface area contributed by atoms with Gasteiger partial charge >= 0.3 is 10.2 Å². The average molecular weight is 280 g/mol. The molecule has 0 saturated heterocycles. The van der Waals surface area contributed by atoms with Crippen LogP contribution in [0.15, 0.2) is 5.38 Å². The molecule has 0 aliphatic rings. The average Bonchev–Trinajstić information content (AvgIpc) is 2.65. The first-order valence-electron chi connectivity index (χ1n) is 4.92. The van der Waals surface area contributed by atoms with Gasteiger partial charge in [0, 0.05) is 25.1 Å². The van der Waals surface area contributed by atoms with E-state index in [-0.39, 0.29) is 12.6 Å². The van der Waals surface area contributed by atoms with Gasteiger partial charge in [0.1, 0.15) is 0 Å². The van der Waals surface area contributed by atoms with Crippen molar-refractivity contribution in [2.75, 3.05) is 25.0 Å². The van der Waals surface area contributed by atoms with Crippen molar-refractivity contribution in [3.63, 3.8) is 0 Å². The maximum atomic E-state index is 11.5. The van der Waals surface area contributed by atoms with Gasteiger partial charge in [0.15, 0.2) is 5.13 Å². The molecule has 98 valence electrons. The number of thiazole rings is 1. The van der Waals surface area contributed by atoms with Crippen molar-refractivity contribution < 1.29 is 13.2 Å². The number of nitrogens with zero attached hydrogens (tertiary/aromatic N) is 1. The van der Waals surface area contributed by atoms with E-state index in [9.17, 15) is 8.42 Å². The van der Waals surface area contributed by atoms with Gasteiger partial charge in [-0.15, -0.1) is 11.3 Å². The van der Waals surface area contributed by atoms with E-state index in [1.807, 2.05) is 0 Å². The summed E-state index contributed by atoms with van der Waals surface area (Å²) in [5.41, 5.74) is 6.28. The predicted octanol–water partition coefficient (Wildman–Crippen LogP) is 0.0555. The predicted molar refractivity (Wildman–Crippen MR) is 67.1 cm³/mol. The van der Waals surface area contributed by atoms with E-state index in [0.29, 0.717) is 17.4 Å². The summed E-state index contributed by atoms with van der Waals surface area (Å²) in [7, 11) is -2.09. The monoisotopic (exact) mass is 280 g/mol. The number of ether oxygens (including phenoxy) is 1. The van der Waals surface area contributed by atoms with Crippen LogP contribution in [0, 0.1) is 0 Å². The zero-order chi connectivity index (χ0) is 12.9. The van der Waals surface area contributed by atoms with Crippen molar-refractivity contribution in [1.82, 2.24) is 9.71 Å². The fourth-order valence-corrected chi connectivity index (χ4v) is 2.85. The lowest BCUT2D eigenvalue weighted by Crippen LogP contribution is -2.32. The number of rotatable bonds is 7. The minimum absolute atomic E-state index is 0.206. The summed E-state index contributed by atoms with van der Waals surface area (Å²) >= 11 is 1.19. The van der Waals surface area contributed by atoms with Gasteiger partial charge in [0.05, 0.1) is 12.3 Å². The number of hydrogen-bond acceptors (Lipinski definition) is 6. The molecule has 0 saturated carbocycles. The molecule has 1 aromatic rings. The molecule has 1 unspecified atom stereocenters. The number of methoxy groups -OCH3 is 1. The van der Waals surface area contributed by atoms with E-state index in [0.717, 1.165) is 0 Å². The van der Waals surface area contributed by atoms with E-state index in [2.05, 4.69) is 14.4 Å². The number of aromatic nitrogens is 1. The SMILES string of the molecule is COCCNS(=O)(=O)Nc1nc(C(C)N)cs1. The van der Waals surface area contributed by atoms with Crippen LogP contribution in [0.5, 0.6) is 0 Å². The lowest BCUT2D eigenvalue weighted by molar-refractivity contribution is 0.204. The second-order valence-corrected chi connectivity index (χ2v) is 5.72. The normalized spacial score (nSPS) is 13.6. The standard InChI is InChI=1S/C8H16N4O3S2/c1-6(9)7-5-16-8(11-7)12-17(13,14)10-3-4-15-2/h5-6,10H,3-4,9H2,1-2H3,(H,11,12). The van der Waals surface area contributed by atoms with Crippen molar-refractivity contribution >= 4 is 26.7 Å². The topological polar surface area (TPSA) is 106 Å². The summed E-state index contributed by atoms with van der Waals surface area (Å²) in [6.07, 6.45) is 0. The van der Waals surface area contributed by atoms with E-state index in [4.69, 9.17) is 10.5 Å². The molecule has 0 aromatic carbocycles. The van der Waals surface area contributed by atoms with Crippen molar-refractivity contribution in [3.8, 4) is 0 Å². The zero-order valence-electron chi connectivity index (χ0n) is 9.63. The molecular weight excluding hydrogens is 264 g/mol. The van der Waals surface area contributed by atoms with Crippen LogP contribution in [0.2, 0.25) is 0 Å². The summed E-state index contributed by atoms with van der Waals surface area (Å²) in [6.45, 7) is 2.30.